The van der Waals surface area contributed by atoms with Crippen molar-refractivity contribution >= 4 is 29.6 Å². The minimum atomic E-state index is -0.798. The molecule has 0 radical (unpaired) electrons. The molecule has 1 aliphatic rings. The molecule has 1 aromatic carbocycles. The normalized spacial score (nSPS) is 15.2. The summed E-state index contributed by atoms with van der Waals surface area (Å²) >= 11 is 6.44. The van der Waals surface area contributed by atoms with Crippen LogP contribution in [0.15, 0.2) is 36.4 Å². The molecule has 0 bridgehead atoms. The summed E-state index contributed by atoms with van der Waals surface area (Å²) in [6, 6.07) is 9.87. The summed E-state index contributed by atoms with van der Waals surface area (Å²) in [5.41, 5.74) is 2.45. The predicted molar refractivity (Wildman–Crippen MR) is 108 cm³/mol. The molecule has 1 aromatic heterocycles. The number of hydrogen-bond acceptors (Lipinski definition) is 4. The van der Waals surface area contributed by atoms with Gasteiger partial charge in [-0.05, 0) is 38.3 Å². The average molecular weight is 402 g/mol. The Balaban J connectivity index is 1.63. The summed E-state index contributed by atoms with van der Waals surface area (Å²) in [5, 5.41) is 4.90. The molecule has 0 spiro atoms. The highest BCUT2D eigenvalue weighted by Crippen LogP contribution is 2.22. The zero-order valence-electron chi connectivity index (χ0n) is 16.1. The summed E-state index contributed by atoms with van der Waals surface area (Å²) in [5.74, 6) is -0.726. The van der Waals surface area contributed by atoms with Crippen molar-refractivity contribution < 1.29 is 14.3 Å². The van der Waals surface area contributed by atoms with Crippen molar-refractivity contribution in [1.82, 2.24) is 14.7 Å². The number of ether oxygens (including phenoxy) is 1. The molecule has 28 heavy (non-hydrogen) atoms. The number of hydrogen-bond donors (Lipinski definition) is 0. The quantitative estimate of drug-likeness (QED) is 0.549. The van der Waals surface area contributed by atoms with Crippen LogP contribution in [-0.4, -0.2) is 45.8 Å². The molecule has 3 rings (SSSR count). The number of aryl methyl sites for hydroxylation is 1. The summed E-state index contributed by atoms with van der Waals surface area (Å²) in [7, 11) is 0. The van der Waals surface area contributed by atoms with Gasteiger partial charge in [-0.1, -0.05) is 41.9 Å². The minimum absolute atomic E-state index is 0.149. The highest BCUT2D eigenvalue weighted by Gasteiger charge is 2.25. The van der Waals surface area contributed by atoms with Gasteiger partial charge >= 0.3 is 5.97 Å². The summed E-state index contributed by atoms with van der Waals surface area (Å²) in [6.45, 7) is 5.43. The highest BCUT2D eigenvalue weighted by atomic mass is 35.5. The molecule has 0 saturated carbocycles. The van der Waals surface area contributed by atoms with Crippen LogP contribution in [0.1, 0.15) is 36.6 Å². The van der Waals surface area contributed by atoms with Crippen LogP contribution in [0.3, 0.4) is 0 Å². The lowest BCUT2D eigenvalue weighted by Crippen LogP contribution is -2.37. The number of likely N-dealkylation sites (tertiary alicyclic amines) is 1. The maximum Gasteiger partial charge on any atom is 0.331 e. The van der Waals surface area contributed by atoms with Crippen molar-refractivity contribution in [3.05, 3.63) is 58.4 Å². The van der Waals surface area contributed by atoms with Gasteiger partial charge in [0.05, 0.1) is 12.2 Å². The van der Waals surface area contributed by atoms with Crippen molar-refractivity contribution in [3.63, 3.8) is 0 Å². The smallest absolute Gasteiger partial charge is 0.331 e. The van der Waals surface area contributed by atoms with E-state index >= 15 is 0 Å². The van der Waals surface area contributed by atoms with E-state index in [1.807, 2.05) is 37.3 Å². The van der Waals surface area contributed by atoms with Crippen LogP contribution in [0.25, 0.3) is 6.08 Å². The fraction of sp³-hybridized carbons (Fsp3) is 0.381. The average Bonchev–Trinajstić information content (AvgIpc) is 3.30. The predicted octanol–water partition coefficient (Wildman–Crippen LogP) is 3.46. The molecule has 0 unspecified atom stereocenters. The Hall–Kier alpha value is -2.60. The molecular formula is C21H24ClN3O3. The SMILES string of the molecule is Cc1nn(Cc2ccccc2)c(Cl)c1/C=C/C(=O)O[C@@H](C)C(=O)N1CCCC1. The zero-order valence-corrected chi connectivity index (χ0v) is 16.9. The van der Waals surface area contributed by atoms with Gasteiger partial charge in [-0.15, -0.1) is 0 Å². The van der Waals surface area contributed by atoms with Gasteiger partial charge in [0.15, 0.2) is 6.10 Å². The lowest BCUT2D eigenvalue weighted by Gasteiger charge is -2.19. The van der Waals surface area contributed by atoms with Crippen LogP contribution in [0, 0.1) is 6.92 Å². The first kappa shape index (κ1) is 20.1. The first-order valence-corrected chi connectivity index (χ1v) is 9.78. The first-order chi connectivity index (χ1) is 13.5. The van der Waals surface area contributed by atoms with E-state index in [2.05, 4.69) is 5.10 Å². The summed E-state index contributed by atoms with van der Waals surface area (Å²) in [6.07, 6.45) is 4.07. The second kappa shape index (κ2) is 9.06. The van der Waals surface area contributed by atoms with Crippen LogP contribution in [0.2, 0.25) is 5.15 Å². The second-order valence-electron chi connectivity index (χ2n) is 6.88. The fourth-order valence-corrected chi connectivity index (χ4v) is 3.52. The number of halogens is 1. The van der Waals surface area contributed by atoms with E-state index in [1.165, 1.54) is 6.08 Å². The minimum Gasteiger partial charge on any atom is -0.449 e. The third kappa shape index (κ3) is 4.81. The Bertz CT molecular complexity index is 871. The van der Waals surface area contributed by atoms with Gasteiger partial charge in [-0.2, -0.15) is 5.10 Å². The number of carbonyl (C=O) groups excluding carboxylic acids is 2. The van der Waals surface area contributed by atoms with Gasteiger partial charge in [0.25, 0.3) is 5.91 Å². The molecule has 0 N–H and O–H groups in total. The van der Waals surface area contributed by atoms with E-state index in [4.69, 9.17) is 16.3 Å². The van der Waals surface area contributed by atoms with Crippen LogP contribution >= 0.6 is 11.6 Å². The van der Waals surface area contributed by atoms with Gasteiger partial charge in [0.1, 0.15) is 5.15 Å². The third-order valence-corrected chi connectivity index (χ3v) is 5.13. The maximum atomic E-state index is 12.2. The molecule has 2 heterocycles. The molecule has 7 heteroatoms. The molecule has 1 saturated heterocycles. The van der Waals surface area contributed by atoms with Crippen LogP contribution < -0.4 is 0 Å². The van der Waals surface area contributed by atoms with Gasteiger partial charge in [-0.25, -0.2) is 9.48 Å². The Labute approximate surface area is 169 Å². The number of carbonyl (C=O) groups is 2. The van der Waals surface area contributed by atoms with E-state index in [0.717, 1.165) is 31.5 Å². The molecule has 148 valence electrons. The Morgan fingerprint density at radius 1 is 1.25 bits per heavy atom. The van der Waals surface area contributed by atoms with E-state index in [1.54, 1.807) is 22.6 Å². The molecule has 6 nitrogen and oxygen atoms in total. The number of nitrogens with zero attached hydrogens (tertiary/aromatic N) is 3. The fourth-order valence-electron chi connectivity index (χ4n) is 3.23. The first-order valence-electron chi connectivity index (χ1n) is 9.40. The second-order valence-corrected chi connectivity index (χ2v) is 7.24. The number of amides is 1. The highest BCUT2D eigenvalue weighted by molar-refractivity contribution is 6.31. The number of esters is 1. The standard InChI is InChI=1S/C21H24ClN3O3/c1-15-18(20(22)25(23-15)14-17-8-4-3-5-9-17)10-11-19(26)28-16(2)21(27)24-12-6-7-13-24/h3-5,8-11,16H,6-7,12-14H2,1-2H3/b11-10+/t16-/m0/s1. The molecule has 1 aliphatic heterocycles. The van der Waals surface area contributed by atoms with Gasteiger partial charge in [0, 0.05) is 24.7 Å². The van der Waals surface area contributed by atoms with Crippen molar-refractivity contribution in [2.24, 2.45) is 0 Å². The molecule has 1 fully saturated rings. The summed E-state index contributed by atoms with van der Waals surface area (Å²) < 4.78 is 6.93. The zero-order chi connectivity index (χ0) is 20.1. The molecule has 1 atom stereocenters. The van der Waals surface area contributed by atoms with E-state index < -0.39 is 12.1 Å². The van der Waals surface area contributed by atoms with Crippen molar-refractivity contribution in [2.45, 2.75) is 39.3 Å². The lowest BCUT2D eigenvalue weighted by atomic mass is 10.2. The monoisotopic (exact) mass is 401 g/mol. The molecule has 1 amide bonds. The number of rotatable bonds is 6. The van der Waals surface area contributed by atoms with Crippen LogP contribution in [0.5, 0.6) is 0 Å². The van der Waals surface area contributed by atoms with Crippen LogP contribution in [0.4, 0.5) is 0 Å². The van der Waals surface area contributed by atoms with Gasteiger partial charge < -0.3 is 9.64 Å². The maximum absolute atomic E-state index is 12.2. The Morgan fingerprint density at radius 2 is 1.93 bits per heavy atom. The number of benzene rings is 1. The van der Waals surface area contributed by atoms with Gasteiger partial charge in [-0.3, -0.25) is 4.79 Å². The third-order valence-electron chi connectivity index (χ3n) is 4.73. The lowest BCUT2D eigenvalue weighted by molar-refractivity contribution is -0.154. The number of aromatic nitrogens is 2. The van der Waals surface area contributed by atoms with Crippen molar-refractivity contribution in [3.8, 4) is 0 Å². The molecular weight excluding hydrogens is 378 g/mol. The Kier molecular flexibility index (Phi) is 6.52. The van der Waals surface area contributed by atoms with Crippen molar-refractivity contribution in [1.29, 1.82) is 0 Å². The molecule has 0 aliphatic carbocycles. The van der Waals surface area contributed by atoms with Crippen LogP contribution in [-0.2, 0) is 20.9 Å². The largest absolute Gasteiger partial charge is 0.449 e. The van der Waals surface area contributed by atoms with Crippen molar-refractivity contribution in [2.75, 3.05) is 13.1 Å². The van der Waals surface area contributed by atoms with E-state index in [-0.39, 0.29) is 5.91 Å². The Morgan fingerprint density at radius 3 is 2.61 bits per heavy atom. The summed E-state index contributed by atoms with van der Waals surface area (Å²) in [4.78, 5) is 26.1. The van der Waals surface area contributed by atoms with E-state index in [0.29, 0.717) is 23.0 Å². The van der Waals surface area contributed by atoms with Gasteiger partial charge in [0.2, 0.25) is 0 Å². The molecule has 2 aromatic rings. The topological polar surface area (TPSA) is 64.4 Å². The van der Waals surface area contributed by atoms with E-state index in [9.17, 15) is 9.59 Å².